The SMILES string of the molecule is CN1C(CN)C(=O)N(c2ccccc2F)CC1(C)C. The van der Waals surface area contributed by atoms with Crippen LogP contribution in [0, 0.1) is 5.82 Å². The molecule has 5 heteroatoms. The predicted octanol–water partition coefficient (Wildman–Crippen LogP) is 1.21. The van der Waals surface area contributed by atoms with E-state index in [1.54, 1.807) is 18.2 Å². The van der Waals surface area contributed by atoms with Crippen molar-refractivity contribution in [2.24, 2.45) is 5.73 Å². The largest absolute Gasteiger partial charge is 0.328 e. The number of carbonyl (C=O) groups excluding carboxylic acids is 1. The number of likely N-dealkylation sites (N-methyl/N-ethyl adjacent to an activating group) is 1. The van der Waals surface area contributed by atoms with Gasteiger partial charge in [0.25, 0.3) is 0 Å². The van der Waals surface area contributed by atoms with Crippen LogP contribution in [0.1, 0.15) is 13.8 Å². The second kappa shape index (κ2) is 4.90. The Bertz CT molecular complexity index is 489. The van der Waals surface area contributed by atoms with Crippen LogP contribution in [-0.4, -0.2) is 42.5 Å². The van der Waals surface area contributed by atoms with Gasteiger partial charge in [-0.15, -0.1) is 0 Å². The molecule has 1 saturated heterocycles. The van der Waals surface area contributed by atoms with E-state index in [9.17, 15) is 9.18 Å². The van der Waals surface area contributed by atoms with Crippen molar-refractivity contribution >= 4 is 11.6 Å². The van der Waals surface area contributed by atoms with Crippen LogP contribution in [0.25, 0.3) is 0 Å². The van der Waals surface area contributed by atoms with E-state index < -0.39 is 6.04 Å². The zero-order valence-electron chi connectivity index (χ0n) is 11.6. The number of hydrogen-bond donors (Lipinski definition) is 1. The number of carbonyl (C=O) groups is 1. The van der Waals surface area contributed by atoms with Crippen LogP contribution in [0.5, 0.6) is 0 Å². The van der Waals surface area contributed by atoms with Crippen LogP contribution in [0.15, 0.2) is 24.3 Å². The van der Waals surface area contributed by atoms with Crippen molar-refractivity contribution in [3.63, 3.8) is 0 Å². The number of para-hydroxylation sites is 1. The van der Waals surface area contributed by atoms with Crippen LogP contribution in [0.4, 0.5) is 10.1 Å². The van der Waals surface area contributed by atoms with Crippen molar-refractivity contribution in [3.8, 4) is 0 Å². The molecule has 2 N–H and O–H groups in total. The van der Waals surface area contributed by atoms with E-state index in [1.165, 1.54) is 11.0 Å². The molecular weight excluding hydrogens is 245 g/mol. The zero-order chi connectivity index (χ0) is 14.2. The van der Waals surface area contributed by atoms with E-state index in [0.29, 0.717) is 12.2 Å². The summed E-state index contributed by atoms with van der Waals surface area (Å²) in [5.41, 5.74) is 5.78. The molecule has 0 saturated carbocycles. The monoisotopic (exact) mass is 265 g/mol. The quantitative estimate of drug-likeness (QED) is 0.874. The lowest BCUT2D eigenvalue weighted by Gasteiger charge is -2.49. The zero-order valence-corrected chi connectivity index (χ0v) is 11.6. The van der Waals surface area contributed by atoms with Gasteiger partial charge in [0.1, 0.15) is 11.9 Å². The van der Waals surface area contributed by atoms with Gasteiger partial charge in [-0.3, -0.25) is 9.69 Å². The highest BCUT2D eigenvalue weighted by atomic mass is 19.1. The molecule has 1 aliphatic heterocycles. The van der Waals surface area contributed by atoms with Crippen LogP contribution in [-0.2, 0) is 4.79 Å². The van der Waals surface area contributed by atoms with E-state index in [4.69, 9.17) is 5.73 Å². The summed E-state index contributed by atoms with van der Waals surface area (Å²) in [5.74, 6) is -0.526. The molecule has 104 valence electrons. The van der Waals surface area contributed by atoms with Crippen molar-refractivity contribution in [1.29, 1.82) is 0 Å². The summed E-state index contributed by atoms with van der Waals surface area (Å²) in [5, 5.41) is 0. The molecule has 1 unspecified atom stereocenters. The summed E-state index contributed by atoms with van der Waals surface area (Å²) in [6.45, 7) is 4.72. The van der Waals surface area contributed by atoms with Crippen molar-refractivity contribution in [1.82, 2.24) is 4.90 Å². The molecule has 0 spiro atoms. The first-order chi connectivity index (χ1) is 8.88. The molecule has 4 nitrogen and oxygen atoms in total. The average Bonchev–Trinajstić information content (AvgIpc) is 2.36. The molecule has 0 aliphatic carbocycles. The number of halogens is 1. The lowest BCUT2D eigenvalue weighted by molar-refractivity contribution is -0.128. The molecule has 0 radical (unpaired) electrons. The van der Waals surface area contributed by atoms with Gasteiger partial charge in [0, 0.05) is 18.6 Å². The molecule has 1 aliphatic rings. The number of rotatable bonds is 2. The highest BCUT2D eigenvalue weighted by Crippen LogP contribution is 2.29. The molecule has 1 atom stereocenters. The van der Waals surface area contributed by atoms with Gasteiger partial charge in [0.15, 0.2) is 0 Å². The second-order valence-corrected chi connectivity index (χ2v) is 5.55. The highest BCUT2D eigenvalue weighted by molar-refractivity contribution is 5.98. The molecule has 1 fully saturated rings. The molecule has 2 rings (SSSR count). The van der Waals surface area contributed by atoms with Crippen LogP contribution < -0.4 is 10.6 Å². The molecule has 1 amide bonds. The number of nitrogens with zero attached hydrogens (tertiary/aromatic N) is 2. The smallest absolute Gasteiger partial charge is 0.245 e. The van der Waals surface area contributed by atoms with Gasteiger partial charge in [-0.1, -0.05) is 12.1 Å². The standard InChI is InChI=1S/C14H20FN3O/c1-14(2)9-18(11-7-5-4-6-10(11)15)13(19)12(8-16)17(14)3/h4-7,12H,8-9,16H2,1-3H3. The first-order valence-corrected chi connectivity index (χ1v) is 6.37. The number of nitrogens with two attached hydrogens (primary N) is 1. The van der Waals surface area contributed by atoms with E-state index in [2.05, 4.69) is 0 Å². The molecular formula is C14H20FN3O. The van der Waals surface area contributed by atoms with E-state index >= 15 is 0 Å². The van der Waals surface area contributed by atoms with Gasteiger partial charge < -0.3 is 10.6 Å². The minimum atomic E-state index is -0.414. The summed E-state index contributed by atoms with van der Waals surface area (Å²) in [4.78, 5) is 15.9. The first kappa shape index (κ1) is 14.0. The molecule has 1 aromatic carbocycles. The number of anilines is 1. The maximum Gasteiger partial charge on any atom is 0.245 e. The minimum absolute atomic E-state index is 0.144. The molecule has 1 aromatic rings. The van der Waals surface area contributed by atoms with Crippen LogP contribution >= 0.6 is 0 Å². The minimum Gasteiger partial charge on any atom is -0.328 e. The maximum atomic E-state index is 13.9. The Kier molecular flexibility index (Phi) is 3.60. The van der Waals surface area contributed by atoms with Gasteiger partial charge in [-0.2, -0.15) is 0 Å². The van der Waals surface area contributed by atoms with Gasteiger partial charge in [-0.25, -0.2) is 4.39 Å². The number of amides is 1. The fraction of sp³-hybridized carbons (Fsp3) is 0.500. The molecule has 0 aromatic heterocycles. The lowest BCUT2D eigenvalue weighted by Crippen LogP contribution is -2.67. The fourth-order valence-corrected chi connectivity index (χ4v) is 2.48. The predicted molar refractivity (Wildman–Crippen MR) is 73.4 cm³/mol. The Morgan fingerprint density at radius 2 is 2.05 bits per heavy atom. The van der Waals surface area contributed by atoms with E-state index in [1.807, 2.05) is 25.8 Å². The van der Waals surface area contributed by atoms with Gasteiger partial charge in [0.2, 0.25) is 5.91 Å². The second-order valence-electron chi connectivity index (χ2n) is 5.55. The van der Waals surface area contributed by atoms with Crippen molar-refractivity contribution in [3.05, 3.63) is 30.1 Å². The summed E-state index contributed by atoms with van der Waals surface area (Å²) in [6, 6.07) is 5.93. The van der Waals surface area contributed by atoms with Crippen LogP contribution in [0.3, 0.4) is 0 Å². The van der Waals surface area contributed by atoms with E-state index in [0.717, 1.165) is 0 Å². The Balaban J connectivity index is 2.41. The number of benzene rings is 1. The third kappa shape index (κ3) is 2.35. The highest BCUT2D eigenvalue weighted by Gasteiger charge is 2.43. The first-order valence-electron chi connectivity index (χ1n) is 6.37. The molecule has 1 heterocycles. The summed E-state index contributed by atoms with van der Waals surface area (Å²) < 4.78 is 13.9. The van der Waals surface area contributed by atoms with E-state index in [-0.39, 0.29) is 23.8 Å². The molecule has 19 heavy (non-hydrogen) atoms. The summed E-state index contributed by atoms with van der Waals surface area (Å²) >= 11 is 0. The van der Waals surface area contributed by atoms with Crippen molar-refractivity contribution < 1.29 is 9.18 Å². The number of piperazine rings is 1. The Hall–Kier alpha value is -1.46. The fourth-order valence-electron chi connectivity index (χ4n) is 2.48. The van der Waals surface area contributed by atoms with Gasteiger partial charge in [-0.05, 0) is 33.0 Å². The lowest BCUT2D eigenvalue weighted by atomic mass is 9.94. The van der Waals surface area contributed by atoms with Gasteiger partial charge >= 0.3 is 0 Å². The maximum absolute atomic E-state index is 13.9. The van der Waals surface area contributed by atoms with Crippen molar-refractivity contribution in [2.45, 2.75) is 25.4 Å². The average molecular weight is 265 g/mol. The molecule has 0 bridgehead atoms. The summed E-state index contributed by atoms with van der Waals surface area (Å²) in [6.07, 6.45) is 0. The third-order valence-electron chi connectivity index (χ3n) is 3.88. The normalized spacial score (nSPS) is 23.7. The van der Waals surface area contributed by atoms with Crippen molar-refractivity contribution in [2.75, 3.05) is 25.0 Å². The topological polar surface area (TPSA) is 49.6 Å². The summed E-state index contributed by atoms with van der Waals surface area (Å²) in [7, 11) is 1.88. The number of hydrogen-bond acceptors (Lipinski definition) is 3. The third-order valence-corrected chi connectivity index (χ3v) is 3.88. The Morgan fingerprint density at radius 1 is 1.42 bits per heavy atom. The Morgan fingerprint density at radius 3 is 2.63 bits per heavy atom. The van der Waals surface area contributed by atoms with Crippen LogP contribution in [0.2, 0.25) is 0 Å². The van der Waals surface area contributed by atoms with Gasteiger partial charge in [0.05, 0.1) is 5.69 Å². The Labute approximate surface area is 113 Å².